The van der Waals surface area contributed by atoms with Crippen LogP contribution in [0.4, 0.5) is 5.69 Å². The number of fused-ring (bicyclic) bond motifs is 1. The molecule has 2 nitrogen and oxygen atoms in total. The van der Waals surface area contributed by atoms with Gasteiger partial charge in [-0.15, -0.1) is 22.7 Å². The van der Waals surface area contributed by atoms with E-state index in [-0.39, 0.29) is 0 Å². The maximum atomic E-state index is 6.31. The lowest BCUT2D eigenvalue weighted by Gasteiger charge is -2.21. The second-order valence-corrected chi connectivity index (χ2v) is 9.00. The Morgan fingerprint density at radius 3 is 2.69 bits per heavy atom. The Kier molecular flexibility index (Phi) is 6.96. The first-order chi connectivity index (χ1) is 12.7. The van der Waals surface area contributed by atoms with E-state index in [0.29, 0.717) is 11.1 Å². The van der Waals surface area contributed by atoms with E-state index in [1.165, 1.54) is 52.1 Å². The van der Waals surface area contributed by atoms with Crippen LogP contribution >= 0.6 is 34.3 Å². The van der Waals surface area contributed by atoms with Crippen LogP contribution in [0.3, 0.4) is 0 Å². The fourth-order valence-electron chi connectivity index (χ4n) is 3.64. The minimum atomic E-state index is 0.576. The Morgan fingerprint density at radius 2 is 2.00 bits per heavy atom. The van der Waals surface area contributed by atoms with Gasteiger partial charge in [-0.3, -0.25) is 0 Å². The Bertz CT molecular complexity index is 833. The maximum absolute atomic E-state index is 6.31. The average Bonchev–Trinajstić information content (AvgIpc) is 3.31. The minimum absolute atomic E-state index is 0.576. The largest absolute Gasteiger partial charge is 0.379 e. The van der Waals surface area contributed by atoms with Gasteiger partial charge in [0.05, 0.1) is 15.9 Å². The number of hydrogen-bond donors (Lipinski definition) is 1. The third kappa shape index (κ3) is 4.24. The summed E-state index contributed by atoms with van der Waals surface area (Å²) in [5.74, 6) is 0.710. The molecule has 3 aromatic heterocycles. The highest BCUT2D eigenvalue weighted by Gasteiger charge is 2.22. The van der Waals surface area contributed by atoms with Crippen molar-refractivity contribution in [3.8, 4) is 0 Å². The van der Waals surface area contributed by atoms with Crippen LogP contribution in [0.5, 0.6) is 0 Å². The van der Waals surface area contributed by atoms with Crippen molar-refractivity contribution in [3.63, 3.8) is 0 Å². The van der Waals surface area contributed by atoms with Crippen molar-refractivity contribution < 1.29 is 0 Å². The number of rotatable bonds is 4. The van der Waals surface area contributed by atoms with Crippen molar-refractivity contribution in [2.24, 2.45) is 0 Å². The molecule has 3 aromatic rings. The quantitative estimate of drug-likeness (QED) is 0.443. The molecule has 1 aliphatic rings. The molecule has 1 aliphatic carbocycles. The lowest BCUT2D eigenvalue weighted by molar-refractivity contribution is 0.447. The van der Waals surface area contributed by atoms with Gasteiger partial charge in [-0.25, -0.2) is 4.98 Å². The second kappa shape index (κ2) is 9.20. The van der Waals surface area contributed by atoms with Crippen LogP contribution in [0.25, 0.3) is 10.2 Å². The highest BCUT2D eigenvalue weighted by Crippen LogP contribution is 2.44. The fraction of sp³-hybridized carbons (Fsp3) is 0.476. The van der Waals surface area contributed by atoms with E-state index in [0.717, 1.165) is 17.7 Å². The zero-order chi connectivity index (χ0) is 18.5. The van der Waals surface area contributed by atoms with Gasteiger partial charge in [0, 0.05) is 22.4 Å². The van der Waals surface area contributed by atoms with E-state index in [4.69, 9.17) is 11.6 Å². The highest BCUT2D eigenvalue weighted by molar-refractivity contribution is 7.20. The van der Waals surface area contributed by atoms with Crippen LogP contribution in [-0.2, 0) is 6.54 Å². The van der Waals surface area contributed by atoms with E-state index < -0.39 is 0 Å². The molecule has 0 spiro atoms. The predicted molar refractivity (Wildman–Crippen MR) is 118 cm³/mol. The van der Waals surface area contributed by atoms with Crippen LogP contribution in [0.2, 0.25) is 5.15 Å². The van der Waals surface area contributed by atoms with E-state index in [9.17, 15) is 0 Å². The van der Waals surface area contributed by atoms with Crippen LogP contribution in [0.1, 0.15) is 67.2 Å². The van der Waals surface area contributed by atoms with Crippen LogP contribution < -0.4 is 5.32 Å². The van der Waals surface area contributed by atoms with E-state index in [2.05, 4.69) is 34.7 Å². The fourth-order valence-corrected chi connectivity index (χ4v) is 5.89. The summed E-state index contributed by atoms with van der Waals surface area (Å²) in [6, 6.07) is 6.22. The molecule has 0 radical (unpaired) electrons. The summed E-state index contributed by atoms with van der Waals surface area (Å²) in [6.45, 7) is 7.05. The normalized spacial score (nSPS) is 14.9. The molecule has 140 valence electrons. The van der Waals surface area contributed by atoms with Crippen molar-refractivity contribution in [2.45, 2.75) is 65.3 Å². The number of halogens is 1. The second-order valence-electron chi connectivity index (χ2n) is 6.53. The number of aryl methyl sites for hydroxylation is 1. The number of pyridine rings is 1. The molecule has 26 heavy (non-hydrogen) atoms. The standard InChI is InChI=1S/C19H21ClN2S2.C2H6/c1-12-17-19(24-18(12)13-6-3-2-4-7-13)15(10-16(20)22-17)21-11-14-8-5-9-23-14;1-2/h5,8-10,13H,2-4,6-7,11H2,1H3,(H,21,22);1-2H3. The number of aromatic nitrogens is 1. The van der Waals surface area contributed by atoms with Gasteiger partial charge in [0.2, 0.25) is 0 Å². The Balaban J connectivity index is 0.000000948. The first-order valence-electron chi connectivity index (χ1n) is 9.58. The average molecular weight is 407 g/mol. The van der Waals surface area contributed by atoms with Gasteiger partial charge in [-0.1, -0.05) is 50.8 Å². The molecule has 0 aromatic carbocycles. The summed E-state index contributed by atoms with van der Waals surface area (Å²) in [5, 5.41) is 6.26. The topological polar surface area (TPSA) is 24.9 Å². The van der Waals surface area contributed by atoms with Crippen LogP contribution in [-0.4, -0.2) is 4.98 Å². The van der Waals surface area contributed by atoms with Crippen LogP contribution in [0.15, 0.2) is 23.6 Å². The number of nitrogens with one attached hydrogen (secondary N) is 1. The zero-order valence-corrected chi connectivity index (χ0v) is 18.2. The van der Waals surface area contributed by atoms with Crippen LogP contribution in [0, 0.1) is 6.92 Å². The predicted octanol–water partition coefficient (Wildman–Crippen LogP) is 8.01. The van der Waals surface area contributed by atoms with Gasteiger partial charge >= 0.3 is 0 Å². The van der Waals surface area contributed by atoms with Gasteiger partial charge in [0.25, 0.3) is 0 Å². The van der Waals surface area contributed by atoms with Gasteiger partial charge in [-0.2, -0.15) is 0 Å². The van der Waals surface area contributed by atoms with E-state index in [1.807, 2.05) is 31.3 Å². The minimum Gasteiger partial charge on any atom is -0.379 e. The lowest BCUT2D eigenvalue weighted by atomic mass is 9.87. The molecule has 1 fully saturated rings. The first-order valence-corrected chi connectivity index (χ1v) is 11.7. The number of anilines is 1. The first kappa shape index (κ1) is 19.7. The Morgan fingerprint density at radius 1 is 1.23 bits per heavy atom. The number of nitrogens with zero attached hydrogens (tertiary/aromatic N) is 1. The van der Waals surface area contributed by atoms with Crippen molar-refractivity contribution in [1.29, 1.82) is 0 Å². The molecule has 0 atom stereocenters. The summed E-state index contributed by atoms with van der Waals surface area (Å²) >= 11 is 10.0. The van der Waals surface area contributed by atoms with Crippen molar-refractivity contribution in [2.75, 3.05) is 5.32 Å². The van der Waals surface area contributed by atoms with E-state index >= 15 is 0 Å². The highest BCUT2D eigenvalue weighted by atomic mass is 35.5. The summed E-state index contributed by atoms with van der Waals surface area (Å²) < 4.78 is 1.26. The molecule has 1 saturated carbocycles. The molecule has 0 unspecified atom stereocenters. The Hall–Kier alpha value is -1.10. The molecule has 0 saturated heterocycles. The number of thiophene rings is 2. The molecule has 0 aliphatic heterocycles. The van der Waals surface area contributed by atoms with Gasteiger partial charge in [0.15, 0.2) is 0 Å². The van der Waals surface area contributed by atoms with Crippen molar-refractivity contribution in [1.82, 2.24) is 4.98 Å². The maximum Gasteiger partial charge on any atom is 0.131 e. The van der Waals surface area contributed by atoms with E-state index in [1.54, 1.807) is 11.3 Å². The van der Waals surface area contributed by atoms with Gasteiger partial charge in [0.1, 0.15) is 5.15 Å². The summed E-state index contributed by atoms with van der Waals surface area (Å²) in [7, 11) is 0. The number of hydrogen-bond acceptors (Lipinski definition) is 4. The molecule has 0 bridgehead atoms. The molecule has 5 heteroatoms. The monoisotopic (exact) mass is 406 g/mol. The Labute approximate surface area is 169 Å². The third-order valence-corrected chi connectivity index (χ3v) is 7.43. The third-order valence-electron chi connectivity index (χ3n) is 4.89. The molecule has 1 N–H and O–H groups in total. The molecule has 0 amide bonds. The molecule has 3 heterocycles. The lowest BCUT2D eigenvalue weighted by Crippen LogP contribution is -2.03. The van der Waals surface area contributed by atoms with Gasteiger partial charge < -0.3 is 5.32 Å². The molecular formula is C21H27ClN2S2. The SMILES string of the molecule is CC.Cc1c(C2CCCCC2)sc2c(NCc3cccs3)cc(Cl)nc12. The smallest absolute Gasteiger partial charge is 0.131 e. The molecule has 4 rings (SSSR count). The summed E-state index contributed by atoms with van der Waals surface area (Å²) in [4.78, 5) is 7.49. The van der Waals surface area contributed by atoms with Gasteiger partial charge in [-0.05, 0) is 42.7 Å². The van der Waals surface area contributed by atoms with Crippen molar-refractivity contribution in [3.05, 3.63) is 44.1 Å². The summed E-state index contributed by atoms with van der Waals surface area (Å²) in [5.41, 5.74) is 3.54. The summed E-state index contributed by atoms with van der Waals surface area (Å²) in [6.07, 6.45) is 6.74. The van der Waals surface area contributed by atoms with Crippen molar-refractivity contribution >= 4 is 50.2 Å². The molecular weight excluding hydrogens is 380 g/mol. The zero-order valence-electron chi connectivity index (χ0n) is 15.8.